The summed E-state index contributed by atoms with van der Waals surface area (Å²) in [4.78, 5) is 43.6. The van der Waals surface area contributed by atoms with Gasteiger partial charge in [0, 0.05) is 28.0 Å². The van der Waals surface area contributed by atoms with Crippen LogP contribution in [0.3, 0.4) is 0 Å². The van der Waals surface area contributed by atoms with Crippen molar-refractivity contribution in [2.75, 3.05) is 13.2 Å². The lowest BCUT2D eigenvalue weighted by molar-refractivity contribution is 0.0472. The first-order valence-electron chi connectivity index (χ1n) is 9.40. The number of carbonyl (C=O) groups is 3. The number of hydrogen-bond donors (Lipinski definition) is 2. The number of nitrogens with one attached hydrogen (secondary N) is 2. The van der Waals surface area contributed by atoms with E-state index in [1.165, 1.54) is 0 Å². The van der Waals surface area contributed by atoms with E-state index in [0.717, 1.165) is 22.2 Å². The maximum Gasteiger partial charge on any atom is 0.340 e. The molecule has 0 radical (unpaired) electrons. The number of hydrogen-bond acceptors (Lipinski definition) is 5. The minimum absolute atomic E-state index is 0.185. The van der Waals surface area contributed by atoms with Crippen molar-refractivity contribution in [3.8, 4) is 0 Å². The van der Waals surface area contributed by atoms with Gasteiger partial charge in [-0.2, -0.15) is 0 Å². The van der Waals surface area contributed by atoms with Crippen LogP contribution in [-0.4, -0.2) is 40.9 Å². The SMILES string of the molecule is CCOC(=O)c1c(C)[nH]c(C)c1C(=O)COC(=O)c1ccc2[nH]c(C)c(C)c2c1. The Labute approximate surface area is 168 Å². The van der Waals surface area contributed by atoms with E-state index in [2.05, 4.69) is 9.97 Å². The normalized spacial score (nSPS) is 10.9. The summed E-state index contributed by atoms with van der Waals surface area (Å²) >= 11 is 0. The number of carbonyl (C=O) groups excluding carboxylic acids is 3. The topological polar surface area (TPSA) is 101 Å². The molecule has 0 saturated carbocycles. The van der Waals surface area contributed by atoms with Gasteiger partial charge in [0.2, 0.25) is 5.78 Å². The Kier molecular flexibility index (Phi) is 5.59. The van der Waals surface area contributed by atoms with E-state index in [0.29, 0.717) is 17.0 Å². The molecule has 0 atom stereocenters. The first-order valence-corrected chi connectivity index (χ1v) is 9.40. The largest absolute Gasteiger partial charge is 0.462 e. The lowest BCUT2D eigenvalue weighted by Gasteiger charge is -2.07. The zero-order valence-electron chi connectivity index (χ0n) is 17.2. The molecule has 0 unspecified atom stereocenters. The fourth-order valence-electron chi connectivity index (χ4n) is 3.46. The van der Waals surface area contributed by atoms with Crippen molar-refractivity contribution in [2.45, 2.75) is 34.6 Å². The molecule has 152 valence electrons. The van der Waals surface area contributed by atoms with E-state index in [1.807, 2.05) is 19.9 Å². The Morgan fingerprint density at radius 3 is 2.24 bits per heavy atom. The van der Waals surface area contributed by atoms with E-state index in [9.17, 15) is 14.4 Å². The molecule has 2 heterocycles. The molecule has 0 bridgehead atoms. The molecule has 0 aliphatic heterocycles. The van der Waals surface area contributed by atoms with Gasteiger partial charge in [-0.05, 0) is 58.4 Å². The van der Waals surface area contributed by atoms with E-state index in [1.54, 1.807) is 32.9 Å². The molecular formula is C22H24N2O5. The van der Waals surface area contributed by atoms with Crippen LogP contribution < -0.4 is 0 Å². The summed E-state index contributed by atoms with van der Waals surface area (Å²) in [6, 6.07) is 5.21. The molecule has 3 aromatic rings. The van der Waals surface area contributed by atoms with Gasteiger partial charge in [0.25, 0.3) is 0 Å². The Morgan fingerprint density at radius 1 is 0.862 bits per heavy atom. The number of aromatic nitrogens is 2. The summed E-state index contributed by atoms with van der Waals surface area (Å²) in [5.74, 6) is -1.63. The smallest absolute Gasteiger partial charge is 0.340 e. The highest BCUT2D eigenvalue weighted by atomic mass is 16.5. The molecule has 2 N–H and O–H groups in total. The van der Waals surface area contributed by atoms with Gasteiger partial charge in [-0.1, -0.05) is 0 Å². The lowest BCUT2D eigenvalue weighted by Crippen LogP contribution is -2.18. The van der Waals surface area contributed by atoms with E-state index < -0.39 is 24.3 Å². The number of Topliss-reactive ketones (excluding diaryl/α,β-unsaturated/α-hetero) is 1. The first-order chi connectivity index (χ1) is 13.7. The van der Waals surface area contributed by atoms with Crippen molar-refractivity contribution < 1.29 is 23.9 Å². The van der Waals surface area contributed by atoms with Crippen LogP contribution in [-0.2, 0) is 9.47 Å². The molecule has 29 heavy (non-hydrogen) atoms. The molecule has 0 spiro atoms. The summed E-state index contributed by atoms with van der Waals surface area (Å²) < 4.78 is 10.3. The van der Waals surface area contributed by atoms with Crippen LogP contribution in [0, 0.1) is 27.7 Å². The summed E-state index contributed by atoms with van der Waals surface area (Å²) in [7, 11) is 0. The van der Waals surface area contributed by atoms with Crippen LogP contribution in [0.4, 0.5) is 0 Å². The van der Waals surface area contributed by atoms with Crippen molar-refractivity contribution in [1.29, 1.82) is 0 Å². The van der Waals surface area contributed by atoms with Gasteiger partial charge in [0.05, 0.1) is 23.3 Å². The van der Waals surface area contributed by atoms with Gasteiger partial charge in [-0.15, -0.1) is 0 Å². The van der Waals surface area contributed by atoms with E-state index in [-0.39, 0.29) is 17.7 Å². The van der Waals surface area contributed by atoms with Crippen molar-refractivity contribution in [3.63, 3.8) is 0 Å². The monoisotopic (exact) mass is 396 g/mol. The maximum atomic E-state index is 12.7. The Morgan fingerprint density at radius 2 is 1.55 bits per heavy atom. The second-order valence-corrected chi connectivity index (χ2v) is 6.98. The summed E-state index contributed by atoms with van der Waals surface area (Å²) in [5, 5.41) is 0.935. The number of ketones is 1. The van der Waals surface area contributed by atoms with E-state index in [4.69, 9.17) is 9.47 Å². The van der Waals surface area contributed by atoms with Crippen LogP contribution in [0.5, 0.6) is 0 Å². The van der Waals surface area contributed by atoms with Gasteiger partial charge in [0.15, 0.2) is 6.61 Å². The lowest BCUT2D eigenvalue weighted by atomic mass is 10.1. The summed E-state index contributed by atoms with van der Waals surface area (Å²) in [6.45, 7) is 8.75. The number of fused-ring (bicyclic) bond motifs is 1. The molecule has 0 fully saturated rings. The first kappa shape index (κ1) is 20.4. The number of ether oxygens (including phenoxy) is 2. The molecule has 7 heteroatoms. The molecule has 0 amide bonds. The van der Waals surface area contributed by atoms with Crippen LogP contribution in [0.1, 0.15) is 60.6 Å². The molecular weight excluding hydrogens is 372 g/mol. The number of H-pyrrole nitrogens is 2. The highest BCUT2D eigenvalue weighted by Gasteiger charge is 2.26. The van der Waals surface area contributed by atoms with E-state index >= 15 is 0 Å². The fraction of sp³-hybridized carbons (Fsp3) is 0.318. The van der Waals surface area contributed by atoms with Crippen LogP contribution >= 0.6 is 0 Å². The number of aromatic amines is 2. The second kappa shape index (κ2) is 7.95. The summed E-state index contributed by atoms with van der Waals surface area (Å²) in [6.07, 6.45) is 0. The van der Waals surface area contributed by atoms with Gasteiger partial charge >= 0.3 is 11.9 Å². The summed E-state index contributed by atoms with van der Waals surface area (Å²) in [5.41, 5.74) is 4.84. The maximum absolute atomic E-state index is 12.7. The Hall–Kier alpha value is -3.35. The van der Waals surface area contributed by atoms with Crippen molar-refractivity contribution in [2.24, 2.45) is 0 Å². The highest BCUT2D eigenvalue weighted by molar-refractivity contribution is 6.09. The van der Waals surface area contributed by atoms with Crippen molar-refractivity contribution in [3.05, 3.63) is 57.5 Å². The molecule has 0 aliphatic carbocycles. The number of benzene rings is 1. The van der Waals surface area contributed by atoms with Crippen LogP contribution in [0.15, 0.2) is 18.2 Å². The van der Waals surface area contributed by atoms with Crippen molar-refractivity contribution in [1.82, 2.24) is 9.97 Å². The average molecular weight is 396 g/mol. The van der Waals surface area contributed by atoms with Gasteiger partial charge in [0.1, 0.15) is 0 Å². The molecule has 0 aliphatic rings. The highest BCUT2D eigenvalue weighted by Crippen LogP contribution is 2.23. The molecule has 3 rings (SSSR count). The number of rotatable bonds is 6. The van der Waals surface area contributed by atoms with Crippen LogP contribution in [0.25, 0.3) is 10.9 Å². The standard InChI is InChI=1S/C22H24N2O5/c1-6-28-22(27)20-14(5)23-13(4)19(20)18(25)10-29-21(26)15-7-8-17-16(9-15)11(2)12(3)24-17/h7-9,23-24H,6,10H2,1-5H3. The van der Waals surface area contributed by atoms with Gasteiger partial charge in [-0.25, -0.2) is 9.59 Å². The van der Waals surface area contributed by atoms with Crippen molar-refractivity contribution >= 4 is 28.6 Å². The predicted octanol–water partition coefficient (Wildman–Crippen LogP) is 3.95. The predicted molar refractivity (Wildman–Crippen MR) is 109 cm³/mol. The third-order valence-electron chi connectivity index (χ3n) is 5.01. The third kappa shape index (κ3) is 3.81. The minimum atomic E-state index is -0.596. The third-order valence-corrected chi connectivity index (χ3v) is 5.01. The molecule has 0 saturated heterocycles. The van der Waals surface area contributed by atoms with Crippen LogP contribution in [0.2, 0.25) is 0 Å². The van der Waals surface area contributed by atoms with Gasteiger partial charge in [-0.3, -0.25) is 4.79 Å². The average Bonchev–Trinajstić information content (AvgIpc) is 3.14. The zero-order valence-corrected chi connectivity index (χ0v) is 17.2. The molecule has 2 aromatic heterocycles. The van der Waals surface area contributed by atoms with Gasteiger partial charge < -0.3 is 19.4 Å². The minimum Gasteiger partial charge on any atom is -0.462 e. The Bertz CT molecular complexity index is 1120. The molecule has 1 aromatic carbocycles. The zero-order chi connectivity index (χ0) is 21.3. The Balaban J connectivity index is 1.78. The quantitative estimate of drug-likeness (QED) is 0.485. The molecule has 7 nitrogen and oxygen atoms in total. The number of aryl methyl sites for hydroxylation is 4. The fourth-order valence-corrected chi connectivity index (χ4v) is 3.46. The second-order valence-electron chi connectivity index (χ2n) is 6.98. The number of esters is 2.